The van der Waals surface area contributed by atoms with Crippen molar-refractivity contribution in [1.82, 2.24) is 5.16 Å². The summed E-state index contributed by atoms with van der Waals surface area (Å²) in [5.74, 6) is -0.616. The largest absolute Gasteiger partial charge is 0.489 e. The van der Waals surface area contributed by atoms with Gasteiger partial charge < -0.3 is 19.3 Å². The van der Waals surface area contributed by atoms with E-state index < -0.39 is 24.3 Å². The summed E-state index contributed by atoms with van der Waals surface area (Å²) in [6.07, 6.45) is 0. The van der Waals surface area contributed by atoms with E-state index in [9.17, 15) is 14.0 Å². The van der Waals surface area contributed by atoms with Gasteiger partial charge in [0.2, 0.25) is 0 Å². The lowest BCUT2D eigenvalue weighted by atomic mass is 10.2. The Bertz CT molecular complexity index is 1040. The number of nitrogens with zero attached hydrogens (tertiary/aromatic N) is 1. The smallest absolute Gasteiger partial charge is 0.338 e. The number of ether oxygens (including phenoxy) is 2. The van der Waals surface area contributed by atoms with Crippen LogP contribution in [0.4, 0.5) is 10.1 Å². The molecular weight excluding hydrogens is 391 g/mol. The van der Waals surface area contributed by atoms with Crippen LogP contribution in [0.2, 0.25) is 0 Å². The molecule has 0 saturated carbocycles. The van der Waals surface area contributed by atoms with Crippen molar-refractivity contribution in [3.8, 4) is 5.75 Å². The summed E-state index contributed by atoms with van der Waals surface area (Å²) in [5, 5.41) is 6.23. The molecule has 0 aliphatic rings. The molecule has 30 heavy (non-hydrogen) atoms. The Labute approximate surface area is 172 Å². The lowest BCUT2D eigenvalue weighted by Gasteiger charge is -2.09. The van der Waals surface area contributed by atoms with E-state index in [1.807, 2.05) is 6.92 Å². The first-order valence-electron chi connectivity index (χ1n) is 9.21. The van der Waals surface area contributed by atoms with Crippen molar-refractivity contribution >= 4 is 17.6 Å². The molecule has 3 rings (SSSR count). The molecule has 0 unspecified atom stereocenters. The highest BCUT2D eigenvalue weighted by molar-refractivity contribution is 5.95. The lowest BCUT2D eigenvalue weighted by molar-refractivity contribution is -0.119. The number of carbonyl (C=O) groups is 2. The van der Waals surface area contributed by atoms with Gasteiger partial charge in [0.15, 0.2) is 6.61 Å². The van der Waals surface area contributed by atoms with Gasteiger partial charge in [0.25, 0.3) is 5.91 Å². The molecule has 8 heteroatoms. The van der Waals surface area contributed by atoms with Crippen molar-refractivity contribution in [2.75, 3.05) is 11.9 Å². The van der Waals surface area contributed by atoms with Crippen LogP contribution in [0.1, 0.15) is 32.9 Å². The van der Waals surface area contributed by atoms with Gasteiger partial charge in [-0.2, -0.15) is 0 Å². The summed E-state index contributed by atoms with van der Waals surface area (Å²) in [5.41, 5.74) is 2.65. The van der Waals surface area contributed by atoms with Crippen LogP contribution >= 0.6 is 0 Å². The second-order valence-corrected chi connectivity index (χ2v) is 6.72. The van der Waals surface area contributed by atoms with Crippen LogP contribution in [-0.4, -0.2) is 23.6 Å². The summed E-state index contributed by atoms with van der Waals surface area (Å²) in [6, 6.07) is 10.7. The van der Waals surface area contributed by atoms with Gasteiger partial charge in [0, 0.05) is 0 Å². The highest BCUT2D eigenvalue weighted by Crippen LogP contribution is 2.18. The first-order valence-corrected chi connectivity index (χ1v) is 9.21. The molecule has 0 bridgehead atoms. The van der Waals surface area contributed by atoms with Crippen LogP contribution < -0.4 is 10.1 Å². The molecule has 0 spiro atoms. The number of amides is 1. The molecule has 0 atom stereocenters. The molecule has 1 N–H and O–H groups in total. The third-order valence-electron chi connectivity index (χ3n) is 4.39. The molecule has 1 aromatic heterocycles. The van der Waals surface area contributed by atoms with Gasteiger partial charge in [0.05, 0.1) is 22.5 Å². The summed E-state index contributed by atoms with van der Waals surface area (Å²) < 4.78 is 29.5. The molecule has 7 nitrogen and oxygen atoms in total. The fourth-order valence-corrected chi connectivity index (χ4v) is 2.67. The standard InChI is InChI=1S/C22H21FN2O5/c1-13-4-9-20(19(23)10-13)24-21(26)12-29-22(27)16-5-7-17(8-6-16)28-11-18-14(2)25-30-15(18)3/h4-10H,11-12H2,1-3H3,(H,24,26). The SMILES string of the molecule is Cc1ccc(NC(=O)COC(=O)c2ccc(OCc3c(C)noc3C)cc2)c(F)c1. The predicted octanol–water partition coefficient (Wildman–Crippen LogP) is 4.11. The van der Waals surface area contributed by atoms with E-state index in [-0.39, 0.29) is 11.3 Å². The number of nitrogens with one attached hydrogen (secondary N) is 1. The van der Waals surface area contributed by atoms with Crippen LogP contribution in [0.5, 0.6) is 5.75 Å². The predicted molar refractivity (Wildman–Crippen MR) is 107 cm³/mol. The van der Waals surface area contributed by atoms with Gasteiger partial charge in [-0.15, -0.1) is 0 Å². The molecule has 0 radical (unpaired) electrons. The molecule has 0 saturated heterocycles. The van der Waals surface area contributed by atoms with Gasteiger partial charge in [-0.05, 0) is 62.7 Å². The fraction of sp³-hybridized carbons (Fsp3) is 0.227. The van der Waals surface area contributed by atoms with Gasteiger partial charge in [0.1, 0.15) is 23.9 Å². The van der Waals surface area contributed by atoms with Crippen LogP contribution in [0.3, 0.4) is 0 Å². The Morgan fingerprint density at radius 2 is 1.83 bits per heavy atom. The second kappa shape index (κ2) is 9.21. The highest BCUT2D eigenvalue weighted by atomic mass is 19.1. The van der Waals surface area contributed by atoms with E-state index in [1.54, 1.807) is 32.0 Å². The Balaban J connectivity index is 1.50. The summed E-state index contributed by atoms with van der Waals surface area (Å²) >= 11 is 0. The molecule has 0 aliphatic carbocycles. The van der Waals surface area contributed by atoms with E-state index in [0.717, 1.165) is 16.8 Å². The zero-order valence-corrected chi connectivity index (χ0v) is 16.8. The highest BCUT2D eigenvalue weighted by Gasteiger charge is 2.13. The first-order chi connectivity index (χ1) is 14.3. The number of halogens is 1. The van der Waals surface area contributed by atoms with Crippen molar-refractivity contribution in [2.24, 2.45) is 0 Å². The molecule has 1 heterocycles. The molecule has 3 aromatic rings. The molecule has 0 fully saturated rings. The maximum Gasteiger partial charge on any atom is 0.338 e. The minimum atomic E-state index is -0.674. The molecule has 1 amide bonds. The Morgan fingerprint density at radius 3 is 2.47 bits per heavy atom. The monoisotopic (exact) mass is 412 g/mol. The van der Waals surface area contributed by atoms with Crippen LogP contribution in [-0.2, 0) is 16.1 Å². The maximum absolute atomic E-state index is 13.8. The number of esters is 1. The maximum atomic E-state index is 13.8. The Hall–Kier alpha value is -3.68. The quantitative estimate of drug-likeness (QED) is 0.587. The Kier molecular flexibility index (Phi) is 6.46. The zero-order chi connectivity index (χ0) is 21.7. The minimum Gasteiger partial charge on any atom is -0.489 e. The number of benzene rings is 2. The number of anilines is 1. The van der Waals surface area contributed by atoms with Crippen molar-refractivity contribution in [2.45, 2.75) is 27.4 Å². The second-order valence-electron chi connectivity index (χ2n) is 6.72. The summed E-state index contributed by atoms with van der Waals surface area (Å²) in [4.78, 5) is 24.0. The lowest BCUT2D eigenvalue weighted by Crippen LogP contribution is -2.21. The van der Waals surface area contributed by atoms with Crippen LogP contribution in [0.15, 0.2) is 47.0 Å². The van der Waals surface area contributed by atoms with Gasteiger partial charge in [-0.1, -0.05) is 11.2 Å². The normalized spacial score (nSPS) is 10.5. The van der Waals surface area contributed by atoms with E-state index in [1.165, 1.54) is 24.3 Å². The molecule has 0 aliphatic heterocycles. The molecule has 2 aromatic carbocycles. The number of aryl methyl sites for hydroxylation is 3. The molecular formula is C22H21FN2O5. The third kappa shape index (κ3) is 5.22. The number of hydrogen-bond donors (Lipinski definition) is 1. The van der Waals surface area contributed by atoms with Crippen molar-refractivity contribution in [3.05, 3.63) is 76.4 Å². The number of rotatable bonds is 7. The van der Waals surface area contributed by atoms with Crippen molar-refractivity contribution < 1.29 is 28.0 Å². The third-order valence-corrected chi connectivity index (χ3v) is 4.39. The van der Waals surface area contributed by atoms with Crippen LogP contribution in [0, 0.1) is 26.6 Å². The van der Waals surface area contributed by atoms with Crippen molar-refractivity contribution in [3.63, 3.8) is 0 Å². The topological polar surface area (TPSA) is 90.7 Å². The average molecular weight is 412 g/mol. The number of carbonyl (C=O) groups excluding carboxylic acids is 2. The van der Waals surface area contributed by atoms with E-state index in [2.05, 4.69) is 10.5 Å². The van der Waals surface area contributed by atoms with E-state index in [0.29, 0.717) is 18.1 Å². The van der Waals surface area contributed by atoms with E-state index in [4.69, 9.17) is 14.0 Å². The van der Waals surface area contributed by atoms with Gasteiger partial charge in [-0.3, -0.25) is 4.79 Å². The number of hydrogen-bond acceptors (Lipinski definition) is 6. The van der Waals surface area contributed by atoms with Gasteiger partial charge in [-0.25, -0.2) is 9.18 Å². The van der Waals surface area contributed by atoms with Crippen LogP contribution in [0.25, 0.3) is 0 Å². The summed E-state index contributed by atoms with van der Waals surface area (Å²) in [7, 11) is 0. The van der Waals surface area contributed by atoms with E-state index >= 15 is 0 Å². The molecule has 156 valence electrons. The van der Waals surface area contributed by atoms with Crippen molar-refractivity contribution in [1.29, 1.82) is 0 Å². The summed E-state index contributed by atoms with van der Waals surface area (Å²) in [6.45, 7) is 5.14. The fourth-order valence-electron chi connectivity index (χ4n) is 2.67. The zero-order valence-electron chi connectivity index (χ0n) is 16.8. The first kappa shape index (κ1) is 21.0. The number of aromatic nitrogens is 1. The average Bonchev–Trinajstić information content (AvgIpc) is 3.04. The van der Waals surface area contributed by atoms with Gasteiger partial charge >= 0.3 is 5.97 Å². The minimum absolute atomic E-state index is 0.0291. The Morgan fingerprint density at radius 1 is 1.10 bits per heavy atom.